The number of fused-ring (bicyclic) bond motifs is 1. The number of hydrogen-bond acceptors (Lipinski definition) is 4. The second-order valence-corrected chi connectivity index (χ2v) is 4.80. The van der Waals surface area contributed by atoms with E-state index >= 15 is 0 Å². The molecule has 0 amide bonds. The molecule has 0 bridgehead atoms. The molecule has 106 valence electrons. The van der Waals surface area contributed by atoms with E-state index in [1.54, 1.807) is 18.6 Å². The van der Waals surface area contributed by atoms with E-state index in [0.29, 0.717) is 18.0 Å². The number of hydrogen-bond donors (Lipinski definition) is 1. The quantitative estimate of drug-likeness (QED) is 0.589. The molecule has 2 N–H and O–H groups in total. The molecule has 0 unspecified atom stereocenters. The van der Waals surface area contributed by atoms with Gasteiger partial charge in [-0.3, -0.25) is 0 Å². The maximum Gasteiger partial charge on any atom is 0.247 e. The Morgan fingerprint density at radius 3 is 3.00 bits per heavy atom. The van der Waals surface area contributed by atoms with E-state index in [2.05, 4.69) is 16.5 Å². The highest BCUT2D eigenvalue weighted by Crippen LogP contribution is 2.30. The van der Waals surface area contributed by atoms with Crippen molar-refractivity contribution in [2.75, 3.05) is 5.73 Å². The minimum absolute atomic E-state index is 0.489. The third-order valence-corrected chi connectivity index (χ3v) is 3.26. The Morgan fingerprint density at radius 2 is 2.19 bits per heavy atom. The van der Waals surface area contributed by atoms with Gasteiger partial charge in [0.2, 0.25) is 5.88 Å². The molecule has 21 heavy (non-hydrogen) atoms. The van der Waals surface area contributed by atoms with Crippen LogP contribution in [0.1, 0.15) is 5.56 Å². The number of allylic oxidation sites excluding steroid dienone is 1. The predicted molar refractivity (Wildman–Crippen MR) is 83.3 cm³/mol. The van der Waals surface area contributed by atoms with Gasteiger partial charge in [0.15, 0.2) is 5.52 Å². The molecule has 2 aromatic heterocycles. The van der Waals surface area contributed by atoms with Crippen LogP contribution in [0, 0.1) is 0 Å². The zero-order valence-electron chi connectivity index (χ0n) is 11.8. The van der Waals surface area contributed by atoms with Crippen molar-refractivity contribution >= 4 is 16.7 Å². The van der Waals surface area contributed by atoms with E-state index in [0.717, 1.165) is 22.3 Å². The first-order chi connectivity index (χ1) is 10.2. The number of nitrogens with zero attached hydrogens (tertiary/aromatic N) is 3. The van der Waals surface area contributed by atoms with Crippen LogP contribution in [0.4, 0.5) is 5.69 Å². The Bertz CT molecular complexity index is 807. The van der Waals surface area contributed by atoms with Gasteiger partial charge in [-0.15, -0.1) is 6.58 Å². The molecule has 0 aliphatic rings. The lowest BCUT2D eigenvalue weighted by Crippen LogP contribution is -1.96. The van der Waals surface area contributed by atoms with Crippen molar-refractivity contribution in [1.82, 2.24) is 14.5 Å². The number of anilines is 1. The van der Waals surface area contributed by atoms with Crippen LogP contribution in [0.2, 0.25) is 0 Å². The highest BCUT2D eigenvalue weighted by molar-refractivity contribution is 5.80. The molecule has 0 aliphatic carbocycles. The number of aryl methyl sites for hydroxylation is 1. The smallest absolute Gasteiger partial charge is 0.247 e. The van der Waals surface area contributed by atoms with Gasteiger partial charge in [-0.25, -0.2) is 9.97 Å². The molecular weight excluding hydrogens is 264 g/mol. The van der Waals surface area contributed by atoms with Gasteiger partial charge in [-0.05, 0) is 30.7 Å². The SMILES string of the molecule is C=CCc1cc(N)ccc1Oc1nccc2c1ncn2C. The fraction of sp³-hybridized carbons (Fsp3) is 0.125. The molecule has 0 saturated carbocycles. The van der Waals surface area contributed by atoms with Crippen LogP contribution < -0.4 is 10.5 Å². The van der Waals surface area contributed by atoms with E-state index in [1.165, 1.54) is 0 Å². The molecule has 0 saturated heterocycles. The zero-order chi connectivity index (χ0) is 14.8. The first kappa shape index (κ1) is 13.2. The molecule has 3 aromatic rings. The molecule has 0 radical (unpaired) electrons. The molecule has 3 rings (SSSR count). The minimum Gasteiger partial charge on any atom is -0.437 e. The summed E-state index contributed by atoms with van der Waals surface area (Å²) in [6, 6.07) is 7.44. The van der Waals surface area contributed by atoms with Crippen LogP contribution >= 0.6 is 0 Å². The Labute approximate surface area is 122 Å². The van der Waals surface area contributed by atoms with Crippen LogP contribution in [0.5, 0.6) is 11.6 Å². The molecule has 2 heterocycles. The lowest BCUT2D eigenvalue weighted by Gasteiger charge is -2.10. The van der Waals surface area contributed by atoms with E-state index in [9.17, 15) is 0 Å². The first-order valence-corrected chi connectivity index (χ1v) is 6.62. The summed E-state index contributed by atoms with van der Waals surface area (Å²) in [5.74, 6) is 1.21. The van der Waals surface area contributed by atoms with E-state index in [-0.39, 0.29) is 0 Å². The van der Waals surface area contributed by atoms with Gasteiger partial charge in [0.1, 0.15) is 5.75 Å². The summed E-state index contributed by atoms with van der Waals surface area (Å²) in [7, 11) is 1.94. The van der Waals surface area contributed by atoms with E-state index in [4.69, 9.17) is 10.5 Å². The van der Waals surface area contributed by atoms with Crippen molar-refractivity contribution in [2.45, 2.75) is 6.42 Å². The first-order valence-electron chi connectivity index (χ1n) is 6.62. The monoisotopic (exact) mass is 280 g/mol. The Kier molecular flexibility index (Phi) is 3.31. The van der Waals surface area contributed by atoms with Crippen molar-refractivity contribution in [3.8, 4) is 11.6 Å². The average molecular weight is 280 g/mol. The fourth-order valence-electron chi connectivity index (χ4n) is 2.23. The van der Waals surface area contributed by atoms with Gasteiger partial charge in [0, 0.05) is 24.5 Å². The van der Waals surface area contributed by atoms with Crippen LogP contribution in [-0.2, 0) is 13.5 Å². The summed E-state index contributed by atoms with van der Waals surface area (Å²) in [4.78, 5) is 8.62. The number of pyridine rings is 1. The van der Waals surface area contributed by atoms with Crippen molar-refractivity contribution in [1.29, 1.82) is 0 Å². The second-order valence-electron chi connectivity index (χ2n) is 4.80. The third-order valence-electron chi connectivity index (χ3n) is 3.26. The maximum absolute atomic E-state index is 5.95. The number of aromatic nitrogens is 3. The Morgan fingerprint density at radius 1 is 1.33 bits per heavy atom. The van der Waals surface area contributed by atoms with Crippen molar-refractivity contribution in [3.63, 3.8) is 0 Å². The summed E-state index contributed by atoms with van der Waals surface area (Å²) in [5.41, 5.74) is 9.20. The second kappa shape index (κ2) is 5.28. The number of benzene rings is 1. The van der Waals surface area contributed by atoms with Gasteiger partial charge in [-0.1, -0.05) is 6.08 Å². The third kappa shape index (κ3) is 2.45. The number of rotatable bonds is 4. The van der Waals surface area contributed by atoms with Crippen LogP contribution in [0.25, 0.3) is 11.0 Å². The molecule has 0 spiro atoms. The normalized spacial score (nSPS) is 10.7. The zero-order valence-corrected chi connectivity index (χ0v) is 11.8. The highest BCUT2D eigenvalue weighted by Gasteiger charge is 2.11. The van der Waals surface area contributed by atoms with E-state index in [1.807, 2.05) is 35.9 Å². The standard InChI is InChI=1S/C16H16N4O/c1-3-4-11-9-12(17)5-6-14(11)21-16-15-13(7-8-18-16)20(2)10-19-15/h3,5-10H,1,4,17H2,2H3. The number of imidazole rings is 1. The number of ether oxygens (including phenoxy) is 1. The van der Waals surface area contributed by atoms with Crippen LogP contribution in [0.15, 0.2) is 49.4 Å². The summed E-state index contributed by atoms with van der Waals surface area (Å²) in [6.07, 6.45) is 5.95. The highest BCUT2D eigenvalue weighted by atomic mass is 16.5. The predicted octanol–water partition coefficient (Wildman–Crippen LogP) is 3.07. The molecular formula is C16H16N4O. The molecule has 0 aliphatic heterocycles. The summed E-state index contributed by atoms with van der Waals surface area (Å²) in [6.45, 7) is 3.76. The molecule has 5 nitrogen and oxygen atoms in total. The Hall–Kier alpha value is -2.82. The van der Waals surface area contributed by atoms with Gasteiger partial charge in [-0.2, -0.15) is 0 Å². The molecule has 0 atom stereocenters. The Balaban J connectivity index is 2.04. The molecule has 1 aromatic carbocycles. The maximum atomic E-state index is 5.95. The van der Waals surface area contributed by atoms with Gasteiger partial charge < -0.3 is 15.0 Å². The lowest BCUT2D eigenvalue weighted by atomic mass is 10.1. The number of nitrogen functional groups attached to an aromatic ring is 1. The van der Waals surface area contributed by atoms with Crippen LogP contribution in [-0.4, -0.2) is 14.5 Å². The largest absolute Gasteiger partial charge is 0.437 e. The minimum atomic E-state index is 0.489. The van der Waals surface area contributed by atoms with Crippen molar-refractivity contribution in [3.05, 3.63) is 55.0 Å². The lowest BCUT2D eigenvalue weighted by molar-refractivity contribution is 0.463. The average Bonchev–Trinajstić information content (AvgIpc) is 2.85. The molecule has 0 fully saturated rings. The molecule has 5 heteroatoms. The fourth-order valence-corrected chi connectivity index (χ4v) is 2.23. The van der Waals surface area contributed by atoms with E-state index < -0.39 is 0 Å². The topological polar surface area (TPSA) is 66.0 Å². The summed E-state index contributed by atoms with van der Waals surface area (Å²) >= 11 is 0. The number of nitrogens with two attached hydrogens (primary N) is 1. The van der Waals surface area contributed by atoms with Gasteiger partial charge in [0.05, 0.1) is 11.8 Å². The van der Waals surface area contributed by atoms with Gasteiger partial charge in [0.25, 0.3) is 0 Å². The summed E-state index contributed by atoms with van der Waals surface area (Å²) in [5, 5.41) is 0. The van der Waals surface area contributed by atoms with Crippen molar-refractivity contribution in [2.24, 2.45) is 7.05 Å². The van der Waals surface area contributed by atoms with Crippen LogP contribution in [0.3, 0.4) is 0 Å². The van der Waals surface area contributed by atoms with Gasteiger partial charge >= 0.3 is 0 Å². The van der Waals surface area contributed by atoms with Crippen molar-refractivity contribution < 1.29 is 4.74 Å². The summed E-state index contributed by atoms with van der Waals surface area (Å²) < 4.78 is 7.88.